The lowest BCUT2D eigenvalue weighted by Crippen LogP contribution is -2.20. The summed E-state index contributed by atoms with van der Waals surface area (Å²) in [6, 6.07) is 0. The molecule has 0 aromatic carbocycles. The van der Waals surface area contributed by atoms with Gasteiger partial charge in [0, 0.05) is 6.54 Å². The normalized spacial score (nSPS) is 34.5. The van der Waals surface area contributed by atoms with E-state index in [9.17, 15) is 0 Å². The summed E-state index contributed by atoms with van der Waals surface area (Å²) in [4.78, 5) is 0. The molecule has 4 heteroatoms. The number of aromatic nitrogens is 3. The third-order valence-corrected chi connectivity index (χ3v) is 3.65. The van der Waals surface area contributed by atoms with Crippen LogP contribution in [0.4, 0.5) is 0 Å². The minimum Gasteiger partial charge on any atom is -0.374 e. The smallest absolute Gasteiger partial charge is 0.138 e. The van der Waals surface area contributed by atoms with E-state index in [0.29, 0.717) is 17.9 Å². The largest absolute Gasteiger partial charge is 0.374 e. The molecular formula is C12H21N3O. The molecule has 1 fully saturated rings. The van der Waals surface area contributed by atoms with Crippen molar-refractivity contribution in [1.82, 2.24) is 14.8 Å². The number of nitrogens with zero attached hydrogens (tertiary/aromatic N) is 3. The van der Waals surface area contributed by atoms with Gasteiger partial charge in [-0.3, -0.25) is 0 Å². The first-order valence-electron chi connectivity index (χ1n) is 6.18. The fourth-order valence-electron chi connectivity index (χ4n) is 2.65. The van der Waals surface area contributed by atoms with Crippen LogP contribution >= 0.6 is 0 Å². The molecule has 0 radical (unpaired) electrons. The van der Waals surface area contributed by atoms with Gasteiger partial charge in [-0.05, 0) is 26.2 Å². The molecule has 0 N–H and O–H groups in total. The third-order valence-electron chi connectivity index (χ3n) is 3.65. The molecular weight excluding hydrogens is 202 g/mol. The van der Waals surface area contributed by atoms with Crippen molar-refractivity contribution in [2.24, 2.45) is 5.92 Å². The molecule has 0 saturated carbocycles. The van der Waals surface area contributed by atoms with Crippen LogP contribution in [0.25, 0.3) is 0 Å². The maximum atomic E-state index is 5.86. The molecule has 0 aliphatic carbocycles. The second-order valence-electron chi connectivity index (χ2n) is 4.81. The van der Waals surface area contributed by atoms with E-state index in [1.54, 1.807) is 0 Å². The van der Waals surface area contributed by atoms with E-state index >= 15 is 0 Å². The molecule has 1 saturated heterocycles. The van der Waals surface area contributed by atoms with Gasteiger partial charge < -0.3 is 9.30 Å². The summed E-state index contributed by atoms with van der Waals surface area (Å²) in [5.74, 6) is 1.98. The van der Waals surface area contributed by atoms with E-state index in [2.05, 4.69) is 42.5 Å². The summed E-state index contributed by atoms with van der Waals surface area (Å²) in [6.45, 7) is 9.68. The minimum absolute atomic E-state index is 0.241. The van der Waals surface area contributed by atoms with Crippen LogP contribution in [0.1, 0.15) is 45.9 Å². The van der Waals surface area contributed by atoms with Gasteiger partial charge in [-0.1, -0.05) is 13.8 Å². The van der Waals surface area contributed by atoms with E-state index in [1.807, 2.05) is 6.33 Å². The van der Waals surface area contributed by atoms with Crippen LogP contribution in [0.3, 0.4) is 0 Å². The van der Waals surface area contributed by atoms with Gasteiger partial charge in [-0.2, -0.15) is 0 Å². The number of hydrogen-bond acceptors (Lipinski definition) is 3. The van der Waals surface area contributed by atoms with Crippen molar-refractivity contribution < 1.29 is 4.74 Å². The van der Waals surface area contributed by atoms with Gasteiger partial charge in [0.25, 0.3) is 0 Å². The topological polar surface area (TPSA) is 39.9 Å². The molecule has 1 aliphatic heterocycles. The zero-order chi connectivity index (χ0) is 11.7. The molecule has 4 nitrogen and oxygen atoms in total. The Bertz CT molecular complexity index is 350. The molecule has 2 rings (SSSR count). The quantitative estimate of drug-likeness (QED) is 0.788. The monoisotopic (exact) mass is 223 g/mol. The summed E-state index contributed by atoms with van der Waals surface area (Å²) >= 11 is 0. The van der Waals surface area contributed by atoms with Gasteiger partial charge in [0.2, 0.25) is 0 Å². The molecule has 4 unspecified atom stereocenters. The van der Waals surface area contributed by atoms with Crippen LogP contribution in [0.2, 0.25) is 0 Å². The van der Waals surface area contributed by atoms with Gasteiger partial charge in [0.15, 0.2) is 0 Å². The van der Waals surface area contributed by atoms with Gasteiger partial charge >= 0.3 is 0 Å². The van der Waals surface area contributed by atoms with Crippen molar-refractivity contribution >= 4 is 0 Å². The van der Waals surface area contributed by atoms with Crippen LogP contribution in [-0.4, -0.2) is 27.0 Å². The van der Waals surface area contributed by atoms with Crippen molar-refractivity contribution in [2.75, 3.05) is 0 Å². The van der Waals surface area contributed by atoms with E-state index in [0.717, 1.165) is 18.8 Å². The molecule has 90 valence electrons. The van der Waals surface area contributed by atoms with Crippen molar-refractivity contribution in [3.63, 3.8) is 0 Å². The second-order valence-corrected chi connectivity index (χ2v) is 4.81. The van der Waals surface area contributed by atoms with Crippen molar-refractivity contribution in [3.05, 3.63) is 12.2 Å². The zero-order valence-corrected chi connectivity index (χ0v) is 10.6. The molecule has 1 aliphatic rings. The molecule has 16 heavy (non-hydrogen) atoms. The van der Waals surface area contributed by atoms with E-state index in [-0.39, 0.29) is 6.10 Å². The lowest BCUT2D eigenvalue weighted by molar-refractivity contribution is 0.0551. The Hall–Kier alpha value is -0.900. The fourth-order valence-corrected chi connectivity index (χ4v) is 2.65. The highest BCUT2D eigenvalue weighted by Gasteiger charge is 2.40. The molecule has 1 aromatic rings. The Kier molecular flexibility index (Phi) is 3.28. The van der Waals surface area contributed by atoms with Crippen LogP contribution in [0, 0.1) is 5.92 Å². The number of rotatable bonds is 3. The number of ether oxygens (including phenoxy) is 1. The summed E-state index contributed by atoms with van der Waals surface area (Å²) in [6.07, 6.45) is 3.50. The summed E-state index contributed by atoms with van der Waals surface area (Å²) in [7, 11) is 0. The predicted octanol–water partition coefficient (Wildman–Crippen LogP) is 2.21. The van der Waals surface area contributed by atoms with Gasteiger partial charge in [0.1, 0.15) is 12.2 Å². The molecule has 1 aromatic heterocycles. The van der Waals surface area contributed by atoms with Crippen LogP contribution in [0.15, 0.2) is 6.33 Å². The SMILES string of the molecule is CCCn1cnnc1C1C(C)OC(C)C1C. The summed E-state index contributed by atoms with van der Waals surface area (Å²) in [5.41, 5.74) is 0. The standard InChI is InChI=1S/C12H21N3O/c1-5-6-15-7-13-14-12(15)11-8(2)9(3)16-10(11)4/h7-11H,5-6H2,1-4H3. The first kappa shape index (κ1) is 11.6. The number of hydrogen-bond donors (Lipinski definition) is 0. The fraction of sp³-hybridized carbons (Fsp3) is 0.833. The molecule has 0 amide bonds. The highest BCUT2D eigenvalue weighted by atomic mass is 16.5. The first-order valence-corrected chi connectivity index (χ1v) is 6.18. The Morgan fingerprint density at radius 3 is 2.62 bits per heavy atom. The molecule has 2 heterocycles. The summed E-state index contributed by atoms with van der Waals surface area (Å²) < 4.78 is 8.03. The van der Waals surface area contributed by atoms with Gasteiger partial charge in [0.05, 0.1) is 18.1 Å². The predicted molar refractivity (Wildman–Crippen MR) is 62.2 cm³/mol. The average Bonchev–Trinajstić information content (AvgIpc) is 2.75. The van der Waals surface area contributed by atoms with Crippen LogP contribution < -0.4 is 0 Å². The van der Waals surface area contributed by atoms with E-state index in [1.165, 1.54) is 0 Å². The van der Waals surface area contributed by atoms with Crippen molar-refractivity contribution in [2.45, 2.75) is 58.8 Å². The maximum Gasteiger partial charge on any atom is 0.138 e. The Morgan fingerprint density at radius 1 is 1.31 bits per heavy atom. The number of aryl methyl sites for hydroxylation is 1. The third kappa shape index (κ3) is 1.86. The second kappa shape index (κ2) is 4.53. The van der Waals surface area contributed by atoms with Crippen molar-refractivity contribution in [1.29, 1.82) is 0 Å². The Labute approximate surface area is 97.0 Å². The Morgan fingerprint density at radius 2 is 2.06 bits per heavy atom. The average molecular weight is 223 g/mol. The van der Waals surface area contributed by atoms with Gasteiger partial charge in [-0.15, -0.1) is 10.2 Å². The molecule has 4 atom stereocenters. The lowest BCUT2D eigenvalue weighted by atomic mass is 9.89. The highest BCUT2D eigenvalue weighted by Crippen LogP contribution is 2.38. The Balaban J connectivity index is 2.25. The van der Waals surface area contributed by atoms with E-state index in [4.69, 9.17) is 4.74 Å². The first-order chi connectivity index (χ1) is 7.65. The maximum absolute atomic E-state index is 5.86. The molecule has 0 spiro atoms. The van der Waals surface area contributed by atoms with Crippen LogP contribution in [-0.2, 0) is 11.3 Å². The lowest BCUT2D eigenvalue weighted by Gasteiger charge is -2.18. The van der Waals surface area contributed by atoms with Crippen molar-refractivity contribution in [3.8, 4) is 0 Å². The minimum atomic E-state index is 0.241. The molecule has 0 bridgehead atoms. The highest BCUT2D eigenvalue weighted by molar-refractivity contribution is 5.06. The zero-order valence-electron chi connectivity index (χ0n) is 10.6. The summed E-state index contributed by atoms with van der Waals surface area (Å²) in [5, 5.41) is 8.32. The van der Waals surface area contributed by atoms with Gasteiger partial charge in [-0.25, -0.2) is 0 Å². The van der Waals surface area contributed by atoms with E-state index < -0.39 is 0 Å². The van der Waals surface area contributed by atoms with Crippen LogP contribution in [0.5, 0.6) is 0 Å².